The number of hydrogen-bond donors (Lipinski definition) is 1. The van der Waals surface area contributed by atoms with E-state index >= 15 is 0 Å². The van der Waals surface area contributed by atoms with Gasteiger partial charge in [0.2, 0.25) is 11.8 Å². The average molecular weight is 345 g/mol. The van der Waals surface area contributed by atoms with Gasteiger partial charge in [0.1, 0.15) is 0 Å². The topological polar surface area (TPSA) is 71.5 Å². The number of carbonyl (C=O) groups is 2. The van der Waals surface area contributed by atoms with E-state index < -0.39 is 0 Å². The quantitative estimate of drug-likeness (QED) is 0.791. The van der Waals surface area contributed by atoms with Gasteiger partial charge in [0.25, 0.3) is 0 Å². The summed E-state index contributed by atoms with van der Waals surface area (Å²) >= 11 is 0. The molecular weight excluding hydrogens is 318 g/mol. The summed E-state index contributed by atoms with van der Waals surface area (Å²) in [5, 5.41) is 2.97. The molecule has 1 N–H and O–H groups in total. The third kappa shape index (κ3) is 4.00. The Bertz CT molecular complexity index is 599. The maximum absolute atomic E-state index is 12.7. The molecule has 0 aromatic carbocycles. The molecule has 1 aliphatic carbocycles. The Morgan fingerprint density at radius 3 is 2.88 bits per heavy atom. The molecule has 136 valence electrons. The van der Waals surface area contributed by atoms with Gasteiger partial charge in [-0.05, 0) is 24.5 Å². The number of aromatic nitrogens is 1. The van der Waals surface area contributed by atoms with Crippen molar-refractivity contribution in [1.29, 1.82) is 0 Å². The SMILES string of the molecule is COCCNC(=O)C1CN(C(=O)Cc2cccnc2)CC12CCCC2. The third-order valence-electron chi connectivity index (χ3n) is 5.60. The zero-order valence-corrected chi connectivity index (χ0v) is 14.9. The third-order valence-corrected chi connectivity index (χ3v) is 5.60. The summed E-state index contributed by atoms with van der Waals surface area (Å²) in [5.74, 6) is 0.0480. The summed E-state index contributed by atoms with van der Waals surface area (Å²) in [4.78, 5) is 31.4. The molecule has 1 aromatic heterocycles. The lowest BCUT2D eigenvalue weighted by Gasteiger charge is -2.28. The normalized spacial score (nSPS) is 21.6. The Balaban J connectivity index is 1.67. The number of nitrogens with zero attached hydrogens (tertiary/aromatic N) is 2. The molecule has 0 bridgehead atoms. The summed E-state index contributed by atoms with van der Waals surface area (Å²) in [6.45, 7) is 2.26. The van der Waals surface area contributed by atoms with Crippen LogP contribution < -0.4 is 5.32 Å². The highest BCUT2D eigenvalue weighted by atomic mass is 16.5. The molecule has 2 fully saturated rings. The van der Waals surface area contributed by atoms with Crippen LogP contribution >= 0.6 is 0 Å². The van der Waals surface area contributed by atoms with Crippen molar-refractivity contribution in [2.24, 2.45) is 11.3 Å². The first kappa shape index (κ1) is 17.9. The van der Waals surface area contributed by atoms with Gasteiger partial charge in [0, 0.05) is 44.6 Å². The number of ether oxygens (including phenoxy) is 1. The first-order valence-corrected chi connectivity index (χ1v) is 9.08. The van der Waals surface area contributed by atoms with Crippen LogP contribution in [0.15, 0.2) is 24.5 Å². The van der Waals surface area contributed by atoms with Crippen molar-refractivity contribution in [3.63, 3.8) is 0 Å². The number of hydrogen-bond acceptors (Lipinski definition) is 4. The van der Waals surface area contributed by atoms with Crippen molar-refractivity contribution >= 4 is 11.8 Å². The van der Waals surface area contributed by atoms with Crippen molar-refractivity contribution < 1.29 is 14.3 Å². The van der Waals surface area contributed by atoms with Gasteiger partial charge < -0.3 is 15.0 Å². The van der Waals surface area contributed by atoms with Crippen LogP contribution in [-0.2, 0) is 20.7 Å². The van der Waals surface area contributed by atoms with Crippen LogP contribution in [0.1, 0.15) is 31.2 Å². The first-order valence-electron chi connectivity index (χ1n) is 9.08. The molecule has 6 heteroatoms. The minimum absolute atomic E-state index is 0.0399. The average Bonchev–Trinajstić information content (AvgIpc) is 3.24. The predicted octanol–water partition coefficient (Wildman–Crippen LogP) is 1.41. The molecule has 6 nitrogen and oxygen atoms in total. The number of amides is 2. The van der Waals surface area contributed by atoms with E-state index in [1.165, 1.54) is 0 Å². The maximum Gasteiger partial charge on any atom is 0.227 e. The Hall–Kier alpha value is -1.95. The molecule has 3 rings (SSSR count). The van der Waals surface area contributed by atoms with Gasteiger partial charge in [-0.2, -0.15) is 0 Å². The van der Waals surface area contributed by atoms with Crippen molar-refractivity contribution in [3.8, 4) is 0 Å². The van der Waals surface area contributed by atoms with Crippen LogP contribution in [0.3, 0.4) is 0 Å². The van der Waals surface area contributed by atoms with Crippen molar-refractivity contribution in [2.45, 2.75) is 32.1 Å². The van der Waals surface area contributed by atoms with E-state index in [4.69, 9.17) is 4.74 Å². The van der Waals surface area contributed by atoms with Crippen LogP contribution in [0, 0.1) is 11.3 Å². The van der Waals surface area contributed by atoms with Crippen LogP contribution in [0.5, 0.6) is 0 Å². The molecule has 2 heterocycles. The molecular formula is C19H27N3O3. The van der Waals surface area contributed by atoms with Crippen LogP contribution in [0.4, 0.5) is 0 Å². The molecule has 0 radical (unpaired) electrons. The van der Waals surface area contributed by atoms with Gasteiger partial charge >= 0.3 is 0 Å². The first-order chi connectivity index (χ1) is 12.1. The molecule has 2 amide bonds. The second kappa shape index (κ2) is 7.95. The van der Waals surface area contributed by atoms with Gasteiger partial charge in [0.15, 0.2) is 0 Å². The largest absolute Gasteiger partial charge is 0.383 e. The van der Waals surface area contributed by atoms with E-state index in [1.807, 2.05) is 17.0 Å². The zero-order chi connectivity index (χ0) is 17.7. The summed E-state index contributed by atoms with van der Waals surface area (Å²) in [5.41, 5.74) is 0.878. The summed E-state index contributed by atoms with van der Waals surface area (Å²) < 4.78 is 5.01. The van der Waals surface area contributed by atoms with E-state index in [9.17, 15) is 9.59 Å². The smallest absolute Gasteiger partial charge is 0.227 e. The number of carbonyl (C=O) groups excluding carboxylic acids is 2. The van der Waals surface area contributed by atoms with Gasteiger partial charge in [-0.3, -0.25) is 14.6 Å². The Morgan fingerprint density at radius 2 is 2.20 bits per heavy atom. The second-order valence-electron chi connectivity index (χ2n) is 7.22. The van der Waals surface area contributed by atoms with E-state index in [0.29, 0.717) is 32.7 Å². The van der Waals surface area contributed by atoms with Crippen LogP contribution in [0.25, 0.3) is 0 Å². The van der Waals surface area contributed by atoms with Gasteiger partial charge in [-0.15, -0.1) is 0 Å². The standard InChI is InChI=1S/C19H27N3O3/c1-25-10-9-21-18(24)16-13-22(14-19(16)6-2-3-7-19)17(23)11-15-5-4-8-20-12-15/h4-5,8,12,16H,2-3,6-7,9-11,13-14H2,1H3,(H,21,24). The highest BCUT2D eigenvalue weighted by Gasteiger charge is 2.52. The van der Waals surface area contributed by atoms with Crippen molar-refractivity contribution in [3.05, 3.63) is 30.1 Å². The zero-order valence-electron chi connectivity index (χ0n) is 14.9. The van der Waals surface area contributed by atoms with E-state index in [0.717, 1.165) is 31.2 Å². The van der Waals surface area contributed by atoms with E-state index in [2.05, 4.69) is 10.3 Å². The fourth-order valence-corrected chi connectivity index (χ4v) is 4.29. The molecule has 1 saturated carbocycles. The summed E-state index contributed by atoms with van der Waals surface area (Å²) in [6, 6.07) is 3.76. The summed E-state index contributed by atoms with van der Waals surface area (Å²) in [6.07, 6.45) is 8.14. The fraction of sp³-hybridized carbons (Fsp3) is 0.632. The molecule has 1 aromatic rings. The van der Waals surface area contributed by atoms with Crippen LogP contribution in [-0.4, -0.2) is 55.0 Å². The Morgan fingerprint density at radius 1 is 1.40 bits per heavy atom. The molecule has 2 aliphatic rings. The maximum atomic E-state index is 12.7. The lowest BCUT2D eigenvalue weighted by atomic mass is 9.76. The fourth-order valence-electron chi connectivity index (χ4n) is 4.29. The lowest BCUT2D eigenvalue weighted by molar-refractivity contribution is -0.130. The minimum Gasteiger partial charge on any atom is -0.383 e. The number of pyridine rings is 1. The van der Waals surface area contributed by atoms with Crippen molar-refractivity contribution in [1.82, 2.24) is 15.2 Å². The molecule has 1 saturated heterocycles. The van der Waals surface area contributed by atoms with Gasteiger partial charge in [-0.25, -0.2) is 0 Å². The number of likely N-dealkylation sites (tertiary alicyclic amines) is 1. The van der Waals surface area contributed by atoms with E-state index in [-0.39, 0.29) is 23.1 Å². The number of rotatable bonds is 6. The highest BCUT2D eigenvalue weighted by Crippen LogP contribution is 2.49. The Kier molecular flexibility index (Phi) is 5.68. The monoisotopic (exact) mass is 345 g/mol. The predicted molar refractivity (Wildman–Crippen MR) is 93.8 cm³/mol. The van der Waals surface area contributed by atoms with Gasteiger partial charge in [-0.1, -0.05) is 18.9 Å². The molecule has 1 spiro atoms. The molecule has 1 unspecified atom stereocenters. The second-order valence-corrected chi connectivity index (χ2v) is 7.22. The van der Waals surface area contributed by atoms with E-state index in [1.54, 1.807) is 19.5 Å². The van der Waals surface area contributed by atoms with Crippen LogP contribution in [0.2, 0.25) is 0 Å². The lowest BCUT2D eigenvalue weighted by Crippen LogP contribution is -2.41. The number of methoxy groups -OCH3 is 1. The molecule has 1 aliphatic heterocycles. The Labute approximate surface area is 148 Å². The number of nitrogens with one attached hydrogen (secondary N) is 1. The molecule has 1 atom stereocenters. The van der Waals surface area contributed by atoms with Crippen molar-refractivity contribution in [2.75, 3.05) is 33.4 Å². The highest BCUT2D eigenvalue weighted by molar-refractivity contribution is 5.84. The summed E-state index contributed by atoms with van der Waals surface area (Å²) in [7, 11) is 1.62. The minimum atomic E-state index is -0.107. The molecule has 25 heavy (non-hydrogen) atoms. The van der Waals surface area contributed by atoms with Gasteiger partial charge in [0.05, 0.1) is 18.9 Å².